The van der Waals surface area contributed by atoms with Crippen molar-refractivity contribution in [2.24, 2.45) is 5.73 Å². The Morgan fingerprint density at radius 3 is 3.10 bits per heavy atom. The van der Waals surface area contributed by atoms with Gasteiger partial charge in [0.25, 0.3) is 0 Å². The van der Waals surface area contributed by atoms with E-state index in [9.17, 15) is 0 Å². The van der Waals surface area contributed by atoms with Crippen LogP contribution < -0.4 is 5.73 Å². The first-order chi connectivity index (χ1) is 4.79. The number of aromatic amines is 1. The van der Waals surface area contributed by atoms with Crippen molar-refractivity contribution in [3.05, 3.63) is 18.0 Å². The molecule has 1 aromatic heterocycles. The van der Waals surface area contributed by atoms with Gasteiger partial charge in [-0.3, -0.25) is 5.10 Å². The number of rotatable bonds is 3. The van der Waals surface area contributed by atoms with Crippen molar-refractivity contribution in [2.75, 3.05) is 0 Å². The van der Waals surface area contributed by atoms with Gasteiger partial charge in [-0.25, -0.2) is 0 Å². The second-order valence-electron chi connectivity index (χ2n) is 2.60. The van der Waals surface area contributed by atoms with Crippen molar-refractivity contribution >= 4 is 0 Å². The van der Waals surface area contributed by atoms with E-state index < -0.39 is 0 Å². The van der Waals surface area contributed by atoms with Crippen LogP contribution in [0.1, 0.15) is 19.0 Å². The van der Waals surface area contributed by atoms with Gasteiger partial charge in [0.1, 0.15) is 0 Å². The molecule has 0 amide bonds. The first-order valence-electron chi connectivity index (χ1n) is 3.53. The van der Waals surface area contributed by atoms with Gasteiger partial charge in [0.05, 0.1) is 0 Å². The average Bonchev–Trinajstić information content (AvgIpc) is 2.34. The molecule has 0 radical (unpaired) electrons. The molecular formula is C7H13N3. The Labute approximate surface area is 60.6 Å². The predicted octanol–water partition coefficient (Wildman–Crippen LogP) is 0.690. The summed E-state index contributed by atoms with van der Waals surface area (Å²) in [5.74, 6) is 0. The van der Waals surface area contributed by atoms with E-state index in [4.69, 9.17) is 5.73 Å². The van der Waals surface area contributed by atoms with Gasteiger partial charge in [-0.15, -0.1) is 0 Å². The summed E-state index contributed by atoms with van der Waals surface area (Å²) in [5, 5.41) is 6.72. The molecule has 0 aliphatic carbocycles. The number of nitrogens with zero attached hydrogens (tertiary/aromatic N) is 1. The number of nitrogens with one attached hydrogen (secondary N) is 1. The third kappa shape index (κ3) is 2.19. The van der Waals surface area contributed by atoms with Gasteiger partial charge >= 0.3 is 0 Å². The van der Waals surface area contributed by atoms with Crippen LogP contribution in [0, 0.1) is 0 Å². The first kappa shape index (κ1) is 7.28. The second kappa shape index (κ2) is 3.37. The molecular weight excluding hydrogens is 126 g/mol. The summed E-state index contributed by atoms with van der Waals surface area (Å²) < 4.78 is 0. The highest BCUT2D eigenvalue weighted by molar-refractivity contribution is 4.97. The molecule has 3 N–H and O–H groups in total. The molecule has 0 fully saturated rings. The number of hydrogen-bond acceptors (Lipinski definition) is 2. The summed E-state index contributed by atoms with van der Waals surface area (Å²) in [4.78, 5) is 0. The van der Waals surface area contributed by atoms with Crippen LogP contribution in [0.15, 0.2) is 12.3 Å². The second-order valence-corrected chi connectivity index (χ2v) is 2.60. The Morgan fingerprint density at radius 1 is 1.80 bits per heavy atom. The van der Waals surface area contributed by atoms with Crippen molar-refractivity contribution in [3.63, 3.8) is 0 Å². The lowest BCUT2D eigenvalue weighted by Crippen LogP contribution is -2.15. The molecule has 3 heteroatoms. The summed E-state index contributed by atoms with van der Waals surface area (Å²) in [6, 6.07) is 2.26. The Balaban J connectivity index is 2.28. The molecule has 0 aliphatic rings. The van der Waals surface area contributed by atoms with Gasteiger partial charge in [0.15, 0.2) is 0 Å². The molecule has 1 unspecified atom stereocenters. The molecule has 0 aliphatic heterocycles. The number of H-pyrrole nitrogens is 1. The number of hydrogen-bond donors (Lipinski definition) is 2. The minimum atomic E-state index is 0.281. The lowest BCUT2D eigenvalue weighted by atomic mass is 10.1. The maximum atomic E-state index is 5.57. The maximum Gasteiger partial charge on any atom is 0.0490 e. The van der Waals surface area contributed by atoms with Crippen LogP contribution in [-0.4, -0.2) is 16.2 Å². The summed E-state index contributed by atoms with van der Waals surface area (Å²) in [7, 11) is 0. The topological polar surface area (TPSA) is 54.7 Å². The Kier molecular flexibility index (Phi) is 2.45. The fourth-order valence-corrected chi connectivity index (χ4v) is 0.807. The predicted molar refractivity (Wildman–Crippen MR) is 40.6 cm³/mol. The van der Waals surface area contributed by atoms with Crippen LogP contribution in [-0.2, 0) is 6.42 Å². The smallest absolute Gasteiger partial charge is 0.0490 e. The van der Waals surface area contributed by atoms with Crippen molar-refractivity contribution in [3.8, 4) is 0 Å². The van der Waals surface area contributed by atoms with Gasteiger partial charge in [0, 0.05) is 17.9 Å². The number of aromatic nitrogens is 2. The summed E-state index contributed by atoms with van der Waals surface area (Å²) in [6.45, 7) is 2.01. The minimum absolute atomic E-state index is 0.281. The van der Waals surface area contributed by atoms with Crippen LogP contribution in [0.4, 0.5) is 0 Å². The van der Waals surface area contributed by atoms with Gasteiger partial charge < -0.3 is 5.73 Å². The molecule has 10 heavy (non-hydrogen) atoms. The van der Waals surface area contributed by atoms with Crippen molar-refractivity contribution < 1.29 is 0 Å². The quantitative estimate of drug-likeness (QED) is 0.647. The van der Waals surface area contributed by atoms with Gasteiger partial charge in [-0.2, -0.15) is 5.10 Å². The average molecular weight is 139 g/mol. The van der Waals surface area contributed by atoms with Gasteiger partial charge in [0.2, 0.25) is 0 Å². The molecule has 1 rings (SSSR count). The van der Waals surface area contributed by atoms with Crippen LogP contribution in [0.3, 0.4) is 0 Å². The molecule has 0 bridgehead atoms. The largest absolute Gasteiger partial charge is 0.328 e. The summed E-state index contributed by atoms with van der Waals surface area (Å²) in [6.07, 6.45) is 3.77. The van der Waals surface area contributed by atoms with E-state index in [-0.39, 0.29) is 6.04 Å². The standard InChI is InChI=1S/C7H13N3/c1-6(8)2-3-7-4-5-9-10-7/h4-6H,2-3,8H2,1H3,(H,9,10). The molecule has 0 saturated heterocycles. The van der Waals surface area contributed by atoms with E-state index in [0.717, 1.165) is 18.5 Å². The highest BCUT2D eigenvalue weighted by Gasteiger charge is 1.96. The third-order valence-electron chi connectivity index (χ3n) is 1.43. The van der Waals surface area contributed by atoms with Gasteiger partial charge in [-0.1, -0.05) is 0 Å². The zero-order chi connectivity index (χ0) is 7.40. The fraction of sp³-hybridized carbons (Fsp3) is 0.571. The Morgan fingerprint density at radius 2 is 2.60 bits per heavy atom. The zero-order valence-electron chi connectivity index (χ0n) is 6.17. The van der Waals surface area contributed by atoms with E-state index in [1.54, 1.807) is 6.20 Å². The Hall–Kier alpha value is -0.830. The van der Waals surface area contributed by atoms with Crippen molar-refractivity contribution in [1.29, 1.82) is 0 Å². The SMILES string of the molecule is CC(N)CCc1ccn[nH]1. The highest BCUT2D eigenvalue weighted by atomic mass is 15.1. The van der Waals surface area contributed by atoms with E-state index in [1.165, 1.54) is 0 Å². The molecule has 56 valence electrons. The van der Waals surface area contributed by atoms with E-state index in [1.807, 2.05) is 13.0 Å². The first-order valence-corrected chi connectivity index (χ1v) is 3.53. The Bertz CT molecular complexity index is 167. The normalized spacial score (nSPS) is 13.4. The lowest BCUT2D eigenvalue weighted by Gasteiger charge is -2.00. The molecule has 1 atom stereocenters. The molecule has 0 spiro atoms. The number of nitrogens with two attached hydrogens (primary N) is 1. The van der Waals surface area contributed by atoms with E-state index in [0.29, 0.717) is 0 Å². The zero-order valence-corrected chi connectivity index (χ0v) is 6.17. The molecule has 1 heterocycles. The monoisotopic (exact) mass is 139 g/mol. The van der Waals surface area contributed by atoms with Crippen LogP contribution in [0.5, 0.6) is 0 Å². The number of aryl methyl sites for hydroxylation is 1. The van der Waals surface area contributed by atoms with Crippen LogP contribution in [0.2, 0.25) is 0 Å². The minimum Gasteiger partial charge on any atom is -0.328 e. The van der Waals surface area contributed by atoms with Crippen LogP contribution in [0.25, 0.3) is 0 Å². The van der Waals surface area contributed by atoms with Crippen molar-refractivity contribution in [1.82, 2.24) is 10.2 Å². The van der Waals surface area contributed by atoms with Crippen molar-refractivity contribution in [2.45, 2.75) is 25.8 Å². The maximum absolute atomic E-state index is 5.57. The molecule has 1 aromatic rings. The highest BCUT2D eigenvalue weighted by Crippen LogP contribution is 1.98. The summed E-state index contributed by atoms with van der Waals surface area (Å²) in [5.41, 5.74) is 6.74. The lowest BCUT2D eigenvalue weighted by molar-refractivity contribution is 0.657. The van der Waals surface area contributed by atoms with E-state index in [2.05, 4.69) is 10.2 Å². The fourth-order valence-electron chi connectivity index (χ4n) is 0.807. The molecule has 0 aromatic carbocycles. The molecule has 0 saturated carbocycles. The van der Waals surface area contributed by atoms with Crippen LogP contribution >= 0.6 is 0 Å². The van der Waals surface area contributed by atoms with Gasteiger partial charge in [-0.05, 0) is 25.8 Å². The van der Waals surface area contributed by atoms with E-state index >= 15 is 0 Å². The molecule has 3 nitrogen and oxygen atoms in total. The third-order valence-corrected chi connectivity index (χ3v) is 1.43. The summed E-state index contributed by atoms with van der Waals surface area (Å²) >= 11 is 0.